The molecular formula is C27H33N3. The van der Waals surface area contributed by atoms with Crippen LogP contribution in [0.2, 0.25) is 0 Å². The molecule has 4 rings (SSSR count). The summed E-state index contributed by atoms with van der Waals surface area (Å²) >= 11 is 0. The average Bonchev–Trinajstić information content (AvgIpc) is 2.77. The molecule has 3 aromatic rings. The van der Waals surface area contributed by atoms with Gasteiger partial charge in [-0.05, 0) is 41.2 Å². The highest BCUT2D eigenvalue weighted by molar-refractivity contribution is 5.52. The van der Waals surface area contributed by atoms with E-state index in [1.807, 2.05) is 0 Å². The average molecular weight is 400 g/mol. The van der Waals surface area contributed by atoms with E-state index >= 15 is 0 Å². The lowest BCUT2D eigenvalue weighted by Crippen LogP contribution is -2.44. The SMILES string of the molecule is CN(C)c1ccccc1CNCCN1Cc2ccccc2CC1Cc1ccccc1. The normalized spacial score (nSPS) is 16.3. The third-order valence-electron chi connectivity index (χ3n) is 6.14. The fourth-order valence-electron chi connectivity index (χ4n) is 4.53. The van der Waals surface area contributed by atoms with E-state index in [1.54, 1.807) is 0 Å². The third kappa shape index (κ3) is 5.10. The van der Waals surface area contributed by atoms with Crippen LogP contribution in [0.3, 0.4) is 0 Å². The van der Waals surface area contributed by atoms with E-state index in [0.29, 0.717) is 6.04 Å². The van der Waals surface area contributed by atoms with Crippen LogP contribution in [0.1, 0.15) is 22.3 Å². The Balaban J connectivity index is 1.39. The van der Waals surface area contributed by atoms with Gasteiger partial charge >= 0.3 is 0 Å². The molecule has 0 fully saturated rings. The molecule has 3 nitrogen and oxygen atoms in total. The van der Waals surface area contributed by atoms with Crippen LogP contribution < -0.4 is 10.2 Å². The van der Waals surface area contributed by atoms with Crippen LogP contribution in [0.5, 0.6) is 0 Å². The number of benzene rings is 3. The van der Waals surface area contributed by atoms with Gasteiger partial charge in [-0.25, -0.2) is 0 Å². The molecule has 0 aromatic heterocycles. The van der Waals surface area contributed by atoms with Gasteiger partial charge in [0.05, 0.1) is 0 Å². The van der Waals surface area contributed by atoms with Crippen LogP contribution >= 0.6 is 0 Å². The van der Waals surface area contributed by atoms with Crippen molar-refractivity contribution in [2.45, 2.75) is 32.0 Å². The Bertz CT molecular complexity index is 936. The molecular weight excluding hydrogens is 366 g/mol. The van der Waals surface area contributed by atoms with Gasteiger partial charge in [-0.1, -0.05) is 72.8 Å². The number of hydrogen-bond donors (Lipinski definition) is 1. The first-order valence-electron chi connectivity index (χ1n) is 11.0. The van der Waals surface area contributed by atoms with Gasteiger partial charge < -0.3 is 10.2 Å². The zero-order valence-electron chi connectivity index (χ0n) is 18.2. The number of para-hydroxylation sites is 1. The summed E-state index contributed by atoms with van der Waals surface area (Å²) in [5.74, 6) is 0. The molecule has 1 aliphatic heterocycles. The van der Waals surface area contributed by atoms with Crippen LogP contribution in [0, 0.1) is 0 Å². The van der Waals surface area contributed by atoms with E-state index in [0.717, 1.165) is 39.0 Å². The van der Waals surface area contributed by atoms with Crippen molar-refractivity contribution in [1.82, 2.24) is 10.2 Å². The highest BCUT2D eigenvalue weighted by Gasteiger charge is 2.25. The van der Waals surface area contributed by atoms with E-state index in [1.165, 1.54) is 27.9 Å². The minimum absolute atomic E-state index is 0.554. The second kappa shape index (κ2) is 9.92. The van der Waals surface area contributed by atoms with Gasteiger partial charge in [0.1, 0.15) is 0 Å². The predicted octanol–water partition coefficient (Wildman–Crippen LogP) is 4.51. The van der Waals surface area contributed by atoms with E-state index < -0.39 is 0 Å². The summed E-state index contributed by atoms with van der Waals surface area (Å²) in [6.07, 6.45) is 2.24. The monoisotopic (exact) mass is 399 g/mol. The molecule has 30 heavy (non-hydrogen) atoms. The van der Waals surface area contributed by atoms with Crippen LogP contribution in [0.25, 0.3) is 0 Å². The van der Waals surface area contributed by atoms with Crippen LogP contribution in [0.4, 0.5) is 5.69 Å². The smallest absolute Gasteiger partial charge is 0.0406 e. The Labute approximate surface area is 181 Å². The highest BCUT2D eigenvalue weighted by atomic mass is 15.2. The topological polar surface area (TPSA) is 18.5 Å². The largest absolute Gasteiger partial charge is 0.377 e. The molecule has 1 atom stereocenters. The third-order valence-corrected chi connectivity index (χ3v) is 6.14. The van der Waals surface area contributed by atoms with Gasteiger partial charge in [-0.2, -0.15) is 0 Å². The lowest BCUT2D eigenvalue weighted by Gasteiger charge is -2.37. The number of rotatable bonds is 8. The van der Waals surface area contributed by atoms with Crippen molar-refractivity contribution in [3.05, 3.63) is 101 Å². The minimum atomic E-state index is 0.554. The van der Waals surface area contributed by atoms with E-state index in [4.69, 9.17) is 0 Å². The van der Waals surface area contributed by atoms with Gasteiger partial charge in [0.2, 0.25) is 0 Å². The summed E-state index contributed by atoms with van der Waals surface area (Å²) in [4.78, 5) is 4.86. The van der Waals surface area contributed by atoms with E-state index in [2.05, 4.69) is 108 Å². The summed E-state index contributed by atoms with van der Waals surface area (Å²) in [5.41, 5.74) is 7.08. The number of nitrogens with one attached hydrogen (secondary N) is 1. The first-order valence-corrected chi connectivity index (χ1v) is 11.0. The fraction of sp³-hybridized carbons (Fsp3) is 0.333. The molecule has 0 aliphatic carbocycles. The first kappa shape index (κ1) is 20.6. The number of hydrogen-bond acceptors (Lipinski definition) is 3. The van der Waals surface area contributed by atoms with Gasteiger partial charge in [0.25, 0.3) is 0 Å². The second-order valence-electron chi connectivity index (χ2n) is 8.49. The molecule has 1 unspecified atom stereocenters. The highest BCUT2D eigenvalue weighted by Crippen LogP contribution is 2.25. The maximum Gasteiger partial charge on any atom is 0.0406 e. The van der Waals surface area contributed by atoms with Crippen molar-refractivity contribution < 1.29 is 0 Å². The molecule has 1 heterocycles. The van der Waals surface area contributed by atoms with Crippen molar-refractivity contribution in [3.63, 3.8) is 0 Å². The molecule has 0 radical (unpaired) electrons. The van der Waals surface area contributed by atoms with Crippen molar-refractivity contribution in [2.24, 2.45) is 0 Å². The van der Waals surface area contributed by atoms with Crippen LogP contribution in [0.15, 0.2) is 78.9 Å². The Morgan fingerprint density at radius 1 is 0.867 bits per heavy atom. The molecule has 0 saturated heterocycles. The van der Waals surface area contributed by atoms with E-state index in [-0.39, 0.29) is 0 Å². The zero-order valence-corrected chi connectivity index (χ0v) is 18.2. The summed E-state index contributed by atoms with van der Waals surface area (Å²) in [7, 11) is 4.22. The molecule has 0 saturated carbocycles. The van der Waals surface area contributed by atoms with Crippen molar-refractivity contribution in [2.75, 3.05) is 32.1 Å². The van der Waals surface area contributed by atoms with Crippen molar-refractivity contribution in [3.8, 4) is 0 Å². The lowest BCUT2D eigenvalue weighted by molar-refractivity contribution is 0.170. The Morgan fingerprint density at radius 2 is 1.57 bits per heavy atom. The summed E-state index contributed by atoms with van der Waals surface area (Å²) < 4.78 is 0. The molecule has 1 N–H and O–H groups in total. The van der Waals surface area contributed by atoms with Crippen LogP contribution in [-0.4, -0.2) is 38.1 Å². The van der Waals surface area contributed by atoms with E-state index in [9.17, 15) is 0 Å². The first-order chi connectivity index (χ1) is 14.7. The van der Waals surface area contributed by atoms with Gasteiger partial charge in [-0.15, -0.1) is 0 Å². The Hall–Kier alpha value is -2.62. The van der Waals surface area contributed by atoms with Crippen molar-refractivity contribution >= 4 is 5.69 Å². The standard InChI is InChI=1S/C27H33N3/c1-29(2)27-15-9-8-13-24(27)20-28-16-17-30-21-25-14-7-6-12-23(25)19-26(30)18-22-10-4-3-5-11-22/h3-15,26,28H,16-21H2,1-2H3. The fourth-order valence-corrected chi connectivity index (χ4v) is 4.53. The maximum absolute atomic E-state index is 3.68. The van der Waals surface area contributed by atoms with Gasteiger partial charge in [0.15, 0.2) is 0 Å². The molecule has 3 aromatic carbocycles. The molecule has 156 valence electrons. The number of nitrogens with zero attached hydrogens (tertiary/aromatic N) is 2. The molecule has 0 spiro atoms. The predicted molar refractivity (Wildman–Crippen MR) is 127 cm³/mol. The summed E-state index contributed by atoms with van der Waals surface area (Å²) in [6.45, 7) is 4.01. The van der Waals surface area contributed by atoms with Crippen LogP contribution in [-0.2, 0) is 25.9 Å². The quantitative estimate of drug-likeness (QED) is 0.562. The molecule has 0 bridgehead atoms. The molecule has 1 aliphatic rings. The number of fused-ring (bicyclic) bond motifs is 1. The molecule has 0 amide bonds. The second-order valence-corrected chi connectivity index (χ2v) is 8.49. The Kier molecular flexibility index (Phi) is 6.83. The van der Waals surface area contributed by atoms with Gasteiger partial charge in [0, 0.05) is 52.0 Å². The van der Waals surface area contributed by atoms with Gasteiger partial charge in [-0.3, -0.25) is 4.90 Å². The zero-order chi connectivity index (χ0) is 20.8. The van der Waals surface area contributed by atoms with Crippen molar-refractivity contribution in [1.29, 1.82) is 0 Å². The summed E-state index contributed by atoms with van der Waals surface area (Å²) in [6, 6.07) is 29.1. The maximum atomic E-state index is 3.68. The number of anilines is 1. The lowest BCUT2D eigenvalue weighted by atomic mass is 9.90. The summed E-state index contributed by atoms with van der Waals surface area (Å²) in [5, 5.41) is 3.68. The molecule has 3 heteroatoms. The Morgan fingerprint density at radius 3 is 2.37 bits per heavy atom. The minimum Gasteiger partial charge on any atom is -0.377 e.